The molecule has 1 atom stereocenters. The van der Waals surface area contributed by atoms with Crippen molar-refractivity contribution in [3.8, 4) is 0 Å². The summed E-state index contributed by atoms with van der Waals surface area (Å²) in [5.41, 5.74) is 0.744. The van der Waals surface area contributed by atoms with Crippen LogP contribution in [0, 0.1) is 6.57 Å². The van der Waals surface area contributed by atoms with Gasteiger partial charge in [0.2, 0.25) is 5.76 Å². The van der Waals surface area contributed by atoms with E-state index in [4.69, 9.17) is 11.0 Å². The fourth-order valence-electron chi connectivity index (χ4n) is 3.96. The minimum absolute atomic E-state index is 0.224. The van der Waals surface area contributed by atoms with Gasteiger partial charge in [0.05, 0.1) is 23.2 Å². The molecule has 33 heavy (non-hydrogen) atoms. The first kappa shape index (κ1) is 20.8. The van der Waals surface area contributed by atoms with Gasteiger partial charge in [-0.1, -0.05) is 6.07 Å². The maximum absolute atomic E-state index is 13.8. The molecule has 0 aliphatic carbocycles. The van der Waals surface area contributed by atoms with E-state index in [9.17, 15) is 13.6 Å². The van der Waals surface area contributed by atoms with Crippen molar-refractivity contribution in [2.75, 3.05) is 6.54 Å². The second-order valence-electron chi connectivity index (χ2n) is 8.26. The van der Waals surface area contributed by atoms with Gasteiger partial charge in [0.15, 0.2) is 5.69 Å². The van der Waals surface area contributed by atoms with Crippen LogP contribution in [0.1, 0.15) is 65.5 Å². The SMILES string of the molecule is [C-]#[N+]C(C)(C)c1nc(C(F)F)c(C(=O)N2CCc3[nH]cnc3[C@@H]2c2cc3ccccn3n2)o1. The summed E-state index contributed by atoms with van der Waals surface area (Å²) in [6.45, 7) is 10.5. The standard InChI is InChI=1S/C22H19F2N7O2/c1-22(2,25-3)21-28-16(19(23)24)18(33-21)20(32)30-9-7-13-15(27-11-26-13)17(30)14-10-12-6-4-5-8-31(12)29-14/h4-6,8,10-11,17,19H,7,9H2,1-2H3,(H,26,27)/t17-/m0/s1. The molecule has 1 aliphatic heterocycles. The quantitative estimate of drug-likeness (QED) is 0.475. The number of halogens is 2. The minimum Gasteiger partial charge on any atom is -0.428 e. The summed E-state index contributed by atoms with van der Waals surface area (Å²) in [4.78, 5) is 29.7. The topological polar surface area (TPSA) is 96.7 Å². The molecule has 5 heterocycles. The third-order valence-electron chi connectivity index (χ3n) is 5.71. The molecule has 0 unspecified atom stereocenters. The number of nitrogens with zero attached hydrogens (tertiary/aromatic N) is 6. The van der Waals surface area contributed by atoms with Crippen molar-refractivity contribution in [1.29, 1.82) is 0 Å². The van der Waals surface area contributed by atoms with E-state index in [2.05, 4.69) is 24.9 Å². The van der Waals surface area contributed by atoms with Crippen molar-refractivity contribution in [2.24, 2.45) is 0 Å². The Morgan fingerprint density at radius 2 is 2.21 bits per heavy atom. The molecule has 4 aromatic rings. The molecule has 0 saturated heterocycles. The van der Waals surface area contributed by atoms with Crippen LogP contribution in [0.25, 0.3) is 10.4 Å². The second kappa shape index (κ2) is 7.51. The molecule has 5 rings (SSSR count). The molecule has 0 aromatic carbocycles. The summed E-state index contributed by atoms with van der Waals surface area (Å²) in [6.07, 6.45) is 0.742. The van der Waals surface area contributed by atoms with Crippen LogP contribution < -0.4 is 0 Å². The highest BCUT2D eigenvalue weighted by atomic mass is 19.3. The average molecular weight is 451 g/mol. The molecular formula is C22H19F2N7O2. The number of fused-ring (bicyclic) bond motifs is 2. The van der Waals surface area contributed by atoms with Gasteiger partial charge in [-0.25, -0.2) is 29.8 Å². The van der Waals surface area contributed by atoms with Gasteiger partial charge in [-0.05, 0) is 18.2 Å². The van der Waals surface area contributed by atoms with E-state index >= 15 is 0 Å². The monoisotopic (exact) mass is 451 g/mol. The number of pyridine rings is 1. The third-order valence-corrected chi connectivity index (χ3v) is 5.71. The van der Waals surface area contributed by atoms with Crippen LogP contribution in [0.5, 0.6) is 0 Å². The Morgan fingerprint density at radius 1 is 1.39 bits per heavy atom. The Morgan fingerprint density at radius 3 is 2.94 bits per heavy atom. The van der Waals surface area contributed by atoms with Crippen molar-refractivity contribution >= 4 is 11.4 Å². The van der Waals surface area contributed by atoms with Crippen molar-refractivity contribution in [3.63, 3.8) is 0 Å². The molecule has 0 spiro atoms. The summed E-state index contributed by atoms with van der Waals surface area (Å²) < 4.78 is 34.8. The zero-order valence-corrected chi connectivity index (χ0v) is 17.8. The van der Waals surface area contributed by atoms with Gasteiger partial charge < -0.3 is 19.1 Å². The van der Waals surface area contributed by atoms with Crippen LogP contribution in [0.15, 0.2) is 41.2 Å². The Hall–Kier alpha value is -4.07. The summed E-state index contributed by atoms with van der Waals surface area (Å²) in [7, 11) is 0. The summed E-state index contributed by atoms with van der Waals surface area (Å²) in [5, 5.41) is 4.59. The average Bonchev–Trinajstić information content (AvgIpc) is 3.55. The zero-order chi connectivity index (χ0) is 23.3. The molecule has 1 N–H and O–H groups in total. The molecule has 0 radical (unpaired) electrons. The maximum atomic E-state index is 13.8. The number of carbonyl (C=O) groups is 1. The number of alkyl halides is 2. The van der Waals surface area contributed by atoms with E-state index in [-0.39, 0.29) is 12.4 Å². The van der Waals surface area contributed by atoms with Gasteiger partial charge in [-0.3, -0.25) is 4.79 Å². The summed E-state index contributed by atoms with van der Waals surface area (Å²) >= 11 is 0. The van der Waals surface area contributed by atoms with E-state index < -0.39 is 35.4 Å². The molecule has 1 aliphatic rings. The molecule has 0 saturated carbocycles. The Labute approximate surface area is 186 Å². The predicted octanol–water partition coefficient (Wildman–Crippen LogP) is 3.93. The number of aromatic nitrogens is 5. The zero-order valence-electron chi connectivity index (χ0n) is 17.8. The number of H-pyrrole nitrogens is 1. The maximum Gasteiger partial charge on any atom is 0.301 e. The van der Waals surface area contributed by atoms with E-state index in [0.717, 1.165) is 11.2 Å². The molecule has 11 heteroatoms. The van der Waals surface area contributed by atoms with E-state index in [0.29, 0.717) is 17.8 Å². The molecule has 4 aromatic heterocycles. The predicted molar refractivity (Wildman–Crippen MR) is 111 cm³/mol. The lowest BCUT2D eigenvalue weighted by molar-refractivity contribution is 0.0636. The van der Waals surface area contributed by atoms with E-state index in [1.165, 1.54) is 25.1 Å². The van der Waals surface area contributed by atoms with Crippen LogP contribution in [-0.4, -0.2) is 41.9 Å². The number of aromatic amines is 1. The number of nitrogens with one attached hydrogen (secondary N) is 1. The van der Waals surface area contributed by atoms with Crippen LogP contribution in [0.2, 0.25) is 0 Å². The third kappa shape index (κ3) is 3.34. The number of rotatable bonds is 4. The lowest BCUT2D eigenvalue weighted by atomic mass is 9.99. The molecule has 0 fully saturated rings. The van der Waals surface area contributed by atoms with Crippen molar-refractivity contribution < 1.29 is 18.0 Å². The first-order valence-electron chi connectivity index (χ1n) is 10.3. The van der Waals surface area contributed by atoms with Crippen LogP contribution in [-0.2, 0) is 12.0 Å². The highest BCUT2D eigenvalue weighted by Gasteiger charge is 2.42. The van der Waals surface area contributed by atoms with E-state index in [1.807, 2.05) is 24.3 Å². The number of imidazole rings is 1. The van der Waals surface area contributed by atoms with Gasteiger partial charge in [0.25, 0.3) is 18.2 Å². The van der Waals surface area contributed by atoms with Crippen LogP contribution in [0.3, 0.4) is 0 Å². The number of oxazole rings is 1. The lowest BCUT2D eigenvalue weighted by Crippen LogP contribution is -2.41. The first-order chi connectivity index (χ1) is 15.8. The Balaban J connectivity index is 1.62. The van der Waals surface area contributed by atoms with Gasteiger partial charge in [0.1, 0.15) is 6.04 Å². The highest BCUT2D eigenvalue weighted by Crippen LogP contribution is 2.37. The second-order valence-corrected chi connectivity index (χ2v) is 8.26. The number of carbonyl (C=O) groups excluding carboxylic acids is 1. The Kier molecular flexibility index (Phi) is 4.74. The van der Waals surface area contributed by atoms with Crippen molar-refractivity contribution in [1.82, 2.24) is 29.5 Å². The van der Waals surface area contributed by atoms with Crippen LogP contribution >= 0.6 is 0 Å². The smallest absolute Gasteiger partial charge is 0.301 e. The molecule has 1 amide bonds. The Bertz CT molecular complexity index is 1360. The van der Waals surface area contributed by atoms with E-state index in [1.54, 1.807) is 10.7 Å². The fraction of sp³-hybridized carbons (Fsp3) is 0.318. The fourth-order valence-corrected chi connectivity index (χ4v) is 3.96. The molecule has 9 nitrogen and oxygen atoms in total. The molecular weight excluding hydrogens is 432 g/mol. The normalized spacial score (nSPS) is 16.2. The highest BCUT2D eigenvalue weighted by molar-refractivity contribution is 5.93. The van der Waals surface area contributed by atoms with Gasteiger partial charge >= 0.3 is 5.54 Å². The van der Waals surface area contributed by atoms with Crippen LogP contribution in [0.4, 0.5) is 8.78 Å². The van der Waals surface area contributed by atoms with Crippen molar-refractivity contribution in [3.05, 3.63) is 82.6 Å². The molecule has 168 valence electrons. The van der Waals surface area contributed by atoms with Gasteiger partial charge in [-0.15, -0.1) is 0 Å². The minimum atomic E-state index is -3.04. The molecule has 0 bridgehead atoms. The number of hydrogen-bond donors (Lipinski definition) is 1. The van der Waals surface area contributed by atoms with Crippen molar-refractivity contribution in [2.45, 2.75) is 38.3 Å². The lowest BCUT2D eigenvalue weighted by Gasteiger charge is -2.33. The number of amides is 1. The number of hydrogen-bond acceptors (Lipinski definition) is 5. The summed E-state index contributed by atoms with van der Waals surface area (Å²) in [5.74, 6) is -1.54. The first-order valence-corrected chi connectivity index (χ1v) is 10.3. The summed E-state index contributed by atoms with van der Waals surface area (Å²) in [6, 6.07) is 6.70. The largest absolute Gasteiger partial charge is 0.428 e. The van der Waals surface area contributed by atoms with Gasteiger partial charge in [0, 0.05) is 38.7 Å². The van der Waals surface area contributed by atoms with Gasteiger partial charge in [-0.2, -0.15) is 5.10 Å².